The number of hydrogen-bond donors (Lipinski definition) is 1. The van der Waals surface area contributed by atoms with E-state index in [0.29, 0.717) is 19.8 Å². The van der Waals surface area contributed by atoms with Gasteiger partial charge in [-0.1, -0.05) is 11.6 Å². The zero-order chi connectivity index (χ0) is 12.0. The summed E-state index contributed by atoms with van der Waals surface area (Å²) in [6.45, 7) is 5.74. The smallest absolute Gasteiger partial charge is 0.120 e. The molecule has 0 N–H and O–H groups in total. The molecule has 1 rings (SSSR count). The maximum absolute atomic E-state index is 6.06. The van der Waals surface area contributed by atoms with E-state index in [2.05, 4.69) is 12.6 Å². The van der Waals surface area contributed by atoms with Gasteiger partial charge in [-0.2, -0.15) is 12.6 Å². The van der Waals surface area contributed by atoms with Crippen molar-refractivity contribution < 1.29 is 9.47 Å². The largest absolute Gasteiger partial charge is 0.491 e. The molecule has 16 heavy (non-hydrogen) atoms. The highest BCUT2D eigenvalue weighted by molar-refractivity contribution is 7.80. The van der Waals surface area contributed by atoms with Crippen LogP contribution in [0.2, 0.25) is 5.02 Å². The Kier molecular flexibility index (Phi) is 6.03. The number of hydrogen-bond acceptors (Lipinski definition) is 3. The van der Waals surface area contributed by atoms with Crippen LogP contribution in [0.25, 0.3) is 0 Å². The van der Waals surface area contributed by atoms with Crippen molar-refractivity contribution >= 4 is 24.2 Å². The Bertz CT molecular complexity index is 319. The zero-order valence-electron chi connectivity index (χ0n) is 9.62. The highest BCUT2D eigenvalue weighted by Crippen LogP contribution is 2.25. The highest BCUT2D eigenvalue weighted by Gasteiger charge is 2.03. The molecule has 0 atom stereocenters. The van der Waals surface area contributed by atoms with E-state index in [4.69, 9.17) is 21.1 Å². The molecular formula is C12H17ClO2S. The molecule has 0 aliphatic carbocycles. The lowest BCUT2D eigenvalue weighted by Gasteiger charge is -2.10. The van der Waals surface area contributed by atoms with Crippen LogP contribution in [-0.4, -0.2) is 25.6 Å². The minimum absolute atomic E-state index is 0.550. The lowest BCUT2D eigenvalue weighted by Crippen LogP contribution is -2.08. The quantitative estimate of drug-likeness (QED) is 0.625. The SMILES string of the molecule is Cc1cc(OCCOCCS)cc(C)c1Cl. The standard InChI is InChI=1S/C12H17ClO2S/c1-9-7-11(8-10(2)12(9)13)15-4-3-14-5-6-16/h7-8,16H,3-6H2,1-2H3. The molecule has 0 aliphatic rings. The first-order chi connectivity index (χ1) is 7.65. The molecule has 0 aliphatic heterocycles. The predicted octanol–water partition coefficient (Wildman–Crippen LogP) is 3.28. The summed E-state index contributed by atoms with van der Waals surface area (Å²) in [6, 6.07) is 3.88. The lowest BCUT2D eigenvalue weighted by atomic mass is 10.1. The molecule has 0 saturated carbocycles. The van der Waals surface area contributed by atoms with Gasteiger partial charge in [0.15, 0.2) is 0 Å². The van der Waals surface area contributed by atoms with E-state index in [1.165, 1.54) is 0 Å². The summed E-state index contributed by atoms with van der Waals surface area (Å²) in [4.78, 5) is 0. The average molecular weight is 261 g/mol. The fourth-order valence-corrected chi connectivity index (χ4v) is 1.61. The summed E-state index contributed by atoms with van der Waals surface area (Å²) >= 11 is 10.1. The molecule has 0 bridgehead atoms. The van der Waals surface area contributed by atoms with E-state index < -0.39 is 0 Å². The van der Waals surface area contributed by atoms with Crippen LogP contribution in [0.3, 0.4) is 0 Å². The lowest BCUT2D eigenvalue weighted by molar-refractivity contribution is 0.112. The van der Waals surface area contributed by atoms with Crippen LogP contribution in [0.15, 0.2) is 12.1 Å². The summed E-state index contributed by atoms with van der Waals surface area (Å²) in [5, 5.41) is 0.804. The van der Waals surface area contributed by atoms with Crippen molar-refractivity contribution in [3.8, 4) is 5.75 Å². The second-order valence-electron chi connectivity index (χ2n) is 3.56. The van der Waals surface area contributed by atoms with Gasteiger partial charge in [0.1, 0.15) is 12.4 Å². The normalized spacial score (nSPS) is 10.5. The molecule has 0 saturated heterocycles. The Balaban J connectivity index is 2.43. The summed E-state index contributed by atoms with van der Waals surface area (Å²) in [7, 11) is 0. The molecule has 1 aromatic rings. The summed E-state index contributed by atoms with van der Waals surface area (Å²) in [6.07, 6.45) is 0. The molecule has 0 amide bonds. The molecule has 0 aromatic heterocycles. The molecule has 2 nitrogen and oxygen atoms in total. The first-order valence-corrected chi connectivity index (χ1v) is 6.24. The monoisotopic (exact) mass is 260 g/mol. The van der Waals surface area contributed by atoms with E-state index >= 15 is 0 Å². The molecule has 0 radical (unpaired) electrons. The first kappa shape index (κ1) is 13.7. The topological polar surface area (TPSA) is 18.5 Å². The van der Waals surface area contributed by atoms with E-state index in [1.54, 1.807) is 0 Å². The third kappa shape index (κ3) is 4.24. The Morgan fingerprint density at radius 2 is 1.75 bits per heavy atom. The number of thiol groups is 1. The van der Waals surface area contributed by atoms with Crippen LogP contribution >= 0.6 is 24.2 Å². The average Bonchev–Trinajstić information content (AvgIpc) is 2.25. The summed E-state index contributed by atoms with van der Waals surface area (Å²) in [5.41, 5.74) is 2.07. The summed E-state index contributed by atoms with van der Waals surface area (Å²) < 4.78 is 10.8. The van der Waals surface area contributed by atoms with Crippen molar-refractivity contribution in [2.75, 3.05) is 25.6 Å². The molecular weight excluding hydrogens is 244 g/mol. The summed E-state index contributed by atoms with van der Waals surface area (Å²) in [5.74, 6) is 1.58. The second kappa shape index (κ2) is 7.05. The highest BCUT2D eigenvalue weighted by atomic mass is 35.5. The molecule has 4 heteroatoms. The van der Waals surface area contributed by atoms with E-state index in [-0.39, 0.29) is 0 Å². The minimum Gasteiger partial charge on any atom is -0.491 e. The van der Waals surface area contributed by atoms with Gasteiger partial charge in [0.05, 0.1) is 13.2 Å². The molecule has 90 valence electrons. The van der Waals surface area contributed by atoms with Crippen LogP contribution in [0.5, 0.6) is 5.75 Å². The minimum atomic E-state index is 0.550. The molecule has 1 aromatic carbocycles. The number of benzene rings is 1. The van der Waals surface area contributed by atoms with Crippen molar-refractivity contribution in [3.05, 3.63) is 28.3 Å². The van der Waals surface area contributed by atoms with Gasteiger partial charge in [-0.15, -0.1) is 0 Å². The number of ether oxygens (including phenoxy) is 2. The molecule has 0 unspecified atom stereocenters. The van der Waals surface area contributed by atoms with E-state index in [9.17, 15) is 0 Å². The Labute approximate surface area is 107 Å². The van der Waals surface area contributed by atoms with Gasteiger partial charge in [0.2, 0.25) is 0 Å². The van der Waals surface area contributed by atoms with Crippen LogP contribution < -0.4 is 4.74 Å². The molecule has 0 spiro atoms. The van der Waals surface area contributed by atoms with Crippen molar-refractivity contribution in [3.63, 3.8) is 0 Å². The van der Waals surface area contributed by atoms with Crippen LogP contribution in [-0.2, 0) is 4.74 Å². The fraction of sp³-hybridized carbons (Fsp3) is 0.500. The van der Waals surface area contributed by atoms with Gasteiger partial charge in [-0.25, -0.2) is 0 Å². The van der Waals surface area contributed by atoms with Crippen LogP contribution in [0, 0.1) is 13.8 Å². The number of aryl methyl sites for hydroxylation is 2. The van der Waals surface area contributed by atoms with Crippen LogP contribution in [0.4, 0.5) is 0 Å². The van der Waals surface area contributed by atoms with Gasteiger partial charge in [0, 0.05) is 10.8 Å². The molecule has 0 heterocycles. The third-order valence-electron chi connectivity index (χ3n) is 2.14. The van der Waals surface area contributed by atoms with Crippen molar-refractivity contribution in [2.24, 2.45) is 0 Å². The molecule has 0 fully saturated rings. The maximum atomic E-state index is 6.06. The van der Waals surface area contributed by atoms with E-state index in [0.717, 1.165) is 27.7 Å². The Hall–Kier alpha value is -0.380. The van der Waals surface area contributed by atoms with Gasteiger partial charge in [-0.3, -0.25) is 0 Å². The van der Waals surface area contributed by atoms with Gasteiger partial charge < -0.3 is 9.47 Å². The first-order valence-electron chi connectivity index (χ1n) is 5.23. The number of rotatable bonds is 6. The second-order valence-corrected chi connectivity index (χ2v) is 4.38. The van der Waals surface area contributed by atoms with Gasteiger partial charge in [-0.05, 0) is 37.1 Å². The van der Waals surface area contributed by atoms with E-state index in [1.807, 2.05) is 26.0 Å². The van der Waals surface area contributed by atoms with Crippen LogP contribution in [0.1, 0.15) is 11.1 Å². The Morgan fingerprint density at radius 1 is 1.12 bits per heavy atom. The maximum Gasteiger partial charge on any atom is 0.120 e. The van der Waals surface area contributed by atoms with Crippen molar-refractivity contribution in [1.29, 1.82) is 0 Å². The zero-order valence-corrected chi connectivity index (χ0v) is 11.3. The van der Waals surface area contributed by atoms with Gasteiger partial charge in [0.25, 0.3) is 0 Å². The van der Waals surface area contributed by atoms with Crippen molar-refractivity contribution in [1.82, 2.24) is 0 Å². The fourth-order valence-electron chi connectivity index (χ4n) is 1.37. The Morgan fingerprint density at radius 3 is 2.31 bits per heavy atom. The third-order valence-corrected chi connectivity index (χ3v) is 2.92. The van der Waals surface area contributed by atoms with Gasteiger partial charge >= 0.3 is 0 Å². The van der Waals surface area contributed by atoms with Crippen molar-refractivity contribution in [2.45, 2.75) is 13.8 Å². The number of halogens is 1. The predicted molar refractivity (Wildman–Crippen MR) is 71.1 cm³/mol.